The molecule has 2 N–H and O–H groups in total. The number of benzene rings is 2. The summed E-state index contributed by atoms with van der Waals surface area (Å²) < 4.78 is 5.93. The molecular formula is C15H12IN3O5. The number of ether oxygens (including phenoxy) is 1. The van der Waals surface area contributed by atoms with E-state index >= 15 is 0 Å². The van der Waals surface area contributed by atoms with Crippen molar-refractivity contribution >= 4 is 40.1 Å². The van der Waals surface area contributed by atoms with Crippen molar-refractivity contribution in [2.45, 2.75) is 0 Å². The Morgan fingerprint density at radius 2 is 1.75 bits per heavy atom. The Hall–Kier alpha value is -2.69. The van der Waals surface area contributed by atoms with E-state index in [2.05, 4.69) is 10.9 Å². The minimum Gasteiger partial charge on any atom is -0.484 e. The van der Waals surface area contributed by atoms with Gasteiger partial charge in [-0.2, -0.15) is 0 Å². The highest BCUT2D eigenvalue weighted by molar-refractivity contribution is 14.1. The molecule has 0 saturated heterocycles. The number of halogens is 1. The first-order chi connectivity index (χ1) is 11.5. The van der Waals surface area contributed by atoms with Gasteiger partial charge in [0.2, 0.25) is 0 Å². The molecule has 0 aliphatic carbocycles. The fraction of sp³-hybridized carbons (Fsp3) is 0.0667. The molecule has 0 aliphatic rings. The first kappa shape index (κ1) is 17.7. The third kappa shape index (κ3) is 4.91. The van der Waals surface area contributed by atoms with Gasteiger partial charge in [0.05, 0.1) is 10.5 Å². The minimum atomic E-state index is -0.562. The standard InChI is InChI=1S/C15H12IN3O5/c16-13-4-2-1-3-12(13)15(21)18-17-14(20)9-24-11-7-5-10(6-8-11)19(22)23/h1-8H,9H2,(H,17,20)(H,18,21). The molecule has 0 atom stereocenters. The number of nitro groups is 1. The fourth-order valence-electron chi connectivity index (χ4n) is 1.69. The van der Waals surface area contributed by atoms with E-state index in [9.17, 15) is 19.7 Å². The second-order valence-electron chi connectivity index (χ2n) is 4.52. The van der Waals surface area contributed by atoms with Gasteiger partial charge < -0.3 is 4.74 Å². The Morgan fingerprint density at radius 3 is 2.38 bits per heavy atom. The van der Waals surface area contributed by atoms with Crippen LogP contribution in [0.5, 0.6) is 5.75 Å². The lowest BCUT2D eigenvalue weighted by molar-refractivity contribution is -0.384. The lowest BCUT2D eigenvalue weighted by Crippen LogP contribution is -2.44. The first-order valence-electron chi connectivity index (χ1n) is 6.68. The van der Waals surface area contributed by atoms with Crippen LogP contribution in [0.15, 0.2) is 48.5 Å². The molecule has 0 aromatic heterocycles. The number of carbonyl (C=O) groups is 2. The molecule has 2 aromatic carbocycles. The maximum Gasteiger partial charge on any atom is 0.276 e. The lowest BCUT2D eigenvalue weighted by Gasteiger charge is -2.09. The molecule has 24 heavy (non-hydrogen) atoms. The molecule has 0 spiro atoms. The largest absolute Gasteiger partial charge is 0.484 e. The highest BCUT2D eigenvalue weighted by atomic mass is 127. The quantitative estimate of drug-likeness (QED) is 0.419. The third-order valence-electron chi connectivity index (χ3n) is 2.85. The first-order valence-corrected chi connectivity index (χ1v) is 7.76. The van der Waals surface area contributed by atoms with Crippen LogP contribution in [-0.4, -0.2) is 23.3 Å². The second-order valence-corrected chi connectivity index (χ2v) is 5.68. The van der Waals surface area contributed by atoms with E-state index < -0.39 is 16.7 Å². The number of nitro benzene ring substituents is 1. The Bertz CT molecular complexity index is 764. The normalized spacial score (nSPS) is 9.88. The number of carbonyl (C=O) groups excluding carboxylic acids is 2. The number of nitrogens with zero attached hydrogens (tertiary/aromatic N) is 1. The zero-order valence-electron chi connectivity index (χ0n) is 12.2. The summed E-state index contributed by atoms with van der Waals surface area (Å²) in [6, 6.07) is 12.2. The van der Waals surface area contributed by atoms with Crippen molar-refractivity contribution in [3.05, 3.63) is 67.8 Å². The summed E-state index contributed by atoms with van der Waals surface area (Å²) in [7, 11) is 0. The zero-order chi connectivity index (χ0) is 17.5. The van der Waals surface area contributed by atoms with Crippen molar-refractivity contribution in [1.29, 1.82) is 0 Å². The van der Waals surface area contributed by atoms with Crippen LogP contribution in [0.25, 0.3) is 0 Å². The molecule has 0 fully saturated rings. The average Bonchev–Trinajstić information content (AvgIpc) is 2.58. The van der Waals surface area contributed by atoms with Gasteiger partial charge in [0, 0.05) is 15.7 Å². The van der Waals surface area contributed by atoms with Crippen molar-refractivity contribution in [1.82, 2.24) is 10.9 Å². The predicted octanol–water partition coefficient (Wildman–Crippen LogP) is 2.04. The predicted molar refractivity (Wildman–Crippen MR) is 93.4 cm³/mol. The van der Waals surface area contributed by atoms with Gasteiger partial charge in [0.1, 0.15) is 5.75 Å². The van der Waals surface area contributed by atoms with Gasteiger partial charge in [-0.25, -0.2) is 0 Å². The van der Waals surface area contributed by atoms with Gasteiger partial charge in [-0.1, -0.05) is 12.1 Å². The second kappa shape index (κ2) is 8.24. The topological polar surface area (TPSA) is 111 Å². The number of nitrogens with one attached hydrogen (secondary N) is 2. The van der Waals surface area contributed by atoms with E-state index in [1.807, 2.05) is 22.6 Å². The molecule has 0 bridgehead atoms. The third-order valence-corrected chi connectivity index (χ3v) is 3.79. The average molecular weight is 441 g/mol. The summed E-state index contributed by atoms with van der Waals surface area (Å²) in [5.74, 6) is -0.698. The van der Waals surface area contributed by atoms with Crippen molar-refractivity contribution in [3.63, 3.8) is 0 Å². The van der Waals surface area contributed by atoms with Gasteiger partial charge in [0.25, 0.3) is 17.5 Å². The molecule has 0 radical (unpaired) electrons. The van der Waals surface area contributed by atoms with Gasteiger partial charge in [-0.05, 0) is 46.9 Å². The van der Waals surface area contributed by atoms with E-state index in [0.717, 1.165) is 3.57 Å². The van der Waals surface area contributed by atoms with Gasteiger partial charge in [-0.15, -0.1) is 0 Å². The number of amides is 2. The number of non-ortho nitro benzene ring substituents is 1. The van der Waals surface area contributed by atoms with Crippen molar-refractivity contribution in [2.75, 3.05) is 6.61 Å². The number of hydrogen-bond donors (Lipinski definition) is 2. The number of hydrazine groups is 1. The Balaban J connectivity index is 1.80. The number of rotatable bonds is 5. The fourth-order valence-corrected chi connectivity index (χ4v) is 2.32. The molecular weight excluding hydrogens is 429 g/mol. The molecule has 124 valence electrons. The molecule has 0 heterocycles. The molecule has 8 nitrogen and oxygen atoms in total. The molecule has 2 amide bonds. The number of hydrogen-bond acceptors (Lipinski definition) is 5. The lowest BCUT2D eigenvalue weighted by atomic mass is 10.2. The van der Waals surface area contributed by atoms with Crippen LogP contribution in [0, 0.1) is 13.7 Å². The highest BCUT2D eigenvalue weighted by Gasteiger charge is 2.11. The van der Waals surface area contributed by atoms with Gasteiger partial charge in [-0.3, -0.25) is 30.6 Å². The van der Waals surface area contributed by atoms with Crippen LogP contribution in [0.1, 0.15) is 10.4 Å². The SMILES string of the molecule is O=C(COc1ccc([N+](=O)[O-])cc1)NNC(=O)c1ccccc1I. The minimum absolute atomic E-state index is 0.0727. The van der Waals surface area contributed by atoms with Crippen LogP contribution in [0.3, 0.4) is 0 Å². The summed E-state index contributed by atoms with van der Waals surface area (Å²) >= 11 is 2.02. The molecule has 2 rings (SSSR count). The molecule has 0 aliphatic heterocycles. The Kier molecular flexibility index (Phi) is 6.07. The van der Waals surface area contributed by atoms with Gasteiger partial charge in [0.15, 0.2) is 6.61 Å². The molecule has 0 saturated carbocycles. The van der Waals surface area contributed by atoms with Crippen molar-refractivity contribution < 1.29 is 19.2 Å². The summed E-state index contributed by atoms with van der Waals surface area (Å²) in [6.45, 7) is -0.343. The highest BCUT2D eigenvalue weighted by Crippen LogP contribution is 2.17. The van der Waals surface area contributed by atoms with Crippen molar-refractivity contribution in [2.24, 2.45) is 0 Å². The van der Waals surface area contributed by atoms with Crippen LogP contribution in [0.2, 0.25) is 0 Å². The zero-order valence-corrected chi connectivity index (χ0v) is 14.3. The van der Waals surface area contributed by atoms with E-state index in [1.165, 1.54) is 24.3 Å². The Labute approximate surface area is 150 Å². The summed E-state index contributed by atoms with van der Waals surface area (Å²) in [6.07, 6.45) is 0. The van der Waals surface area contributed by atoms with Crippen LogP contribution in [-0.2, 0) is 4.79 Å². The summed E-state index contributed by atoms with van der Waals surface area (Å²) in [5.41, 5.74) is 4.89. The van der Waals surface area contributed by atoms with Crippen LogP contribution in [0.4, 0.5) is 5.69 Å². The van der Waals surface area contributed by atoms with Crippen LogP contribution < -0.4 is 15.6 Å². The monoisotopic (exact) mass is 441 g/mol. The summed E-state index contributed by atoms with van der Waals surface area (Å²) in [5, 5.41) is 10.5. The van der Waals surface area contributed by atoms with E-state index in [4.69, 9.17) is 4.74 Å². The van der Waals surface area contributed by atoms with Crippen LogP contribution >= 0.6 is 22.6 Å². The smallest absolute Gasteiger partial charge is 0.276 e. The molecule has 9 heteroatoms. The summed E-state index contributed by atoms with van der Waals surface area (Å²) in [4.78, 5) is 33.6. The van der Waals surface area contributed by atoms with E-state index in [1.54, 1.807) is 24.3 Å². The van der Waals surface area contributed by atoms with E-state index in [-0.39, 0.29) is 12.3 Å². The maximum absolute atomic E-state index is 11.9. The molecule has 2 aromatic rings. The maximum atomic E-state index is 11.9. The van der Waals surface area contributed by atoms with Gasteiger partial charge >= 0.3 is 0 Å². The molecule has 0 unspecified atom stereocenters. The van der Waals surface area contributed by atoms with E-state index in [0.29, 0.717) is 11.3 Å². The Morgan fingerprint density at radius 1 is 1.08 bits per heavy atom. The van der Waals surface area contributed by atoms with Crippen molar-refractivity contribution in [3.8, 4) is 5.75 Å².